The van der Waals surface area contributed by atoms with Crippen molar-refractivity contribution in [1.29, 1.82) is 0 Å². The average Bonchev–Trinajstić information content (AvgIpc) is 3.30. The van der Waals surface area contributed by atoms with Crippen LogP contribution in [0.15, 0.2) is 53.4 Å². The fraction of sp³-hybridized carbons (Fsp3) is 0.417. The van der Waals surface area contributed by atoms with Gasteiger partial charge in [0.15, 0.2) is 6.61 Å². The lowest BCUT2D eigenvalue weighted by molar-refractivity contribution is -0.125. The van der Waals surface area contributed by atoms with Gasteiger partial charge in [-0.05, 0) is 55.4 Å². The van der Waals surface area contributed by atoms with Gasteiger partial charge in [-0.3, -0.25) is 4.79 Å². The van der Waals surface area contributed by atoms with Gasteiger partial charge in [-0.15, -0.1) is 11.8 Å². The summed E-state index contributed by atoms with van der Waals surface area (Å²) in [7, 11) is 0. The largest absolute Gasteiger partial charge is 0.452 e. The number of benzene rings is 2. The van der Waals surface area contributed by atoms with E-state index in [4.69, 9.17) is 9.47 Å². The molecule has 5 nitrogen and oxygen atoms in total. The third-order valence-electron chi connectivity index (χ3n) is 5.59. The van der Waals surface area contributed by atoms with Gasteiger partial charge in [0.05, 0.1) is 17.7 Å². The Kier molecular flexibility index (Phi) is 7.07. The summed E-state index contributed by atoms with van der Waals surface area (Å²) < 4.78 is 11.0. The number of hydrogen-bond acceptors (Lipinski definition) is 5. The quantitative estimate of drug-likeness (QED) is 0.529. The second-order valence-electron chi connectivity index (χ2n) is 7.73. The summed E-state index contributed by atoms with van der Waals surface area (Å²) in [5, 5.41) is 3.02. The van der Waals surface area contributed by atoms with Crippen LogP contribution in [0.3, 0.4) is 0 Å². The number of aryl methyl sites for hydroxylation is 1. The maximum absolute atomic E-state index is 12.6. The first kappa shape index (κ1) is 20.9. The molecule has 6 heteroatoms. The number of carbonyl (C=O) groups excluding carboxylic acids is 2. The van der Waals surface area contributed by atoms with Crippen LogP contribution in [0.5, 0.6) is 0 Å². The molecule has 1 aliphatic heterocycles. The number of esters is 1. The molecular formula is C24H27NO4S. The van der Waals surface area contributed by atoms with Crippen molar-refractivity contribution in [2.45, 2.75) is 49.1 Å². The molecule has 2 aromatic rings. The van der Waals surface area contributed by atoms with Gasteiger partial charge < -0.3 is 14.8 Å². The Morgan fingerprint density at radius 1 is 1.07 bits per heavy atom. The summed E-state index contributed by atoms with van der Waals surface area (Å²) in [6, 6.07) is 15.5. The maximum Gasteiger partial charge on any atom is 0.339 e. The van der Waals surface area contributed by atoms with Gasteiger partial charge in [0.25, 0.3) is 5.91 Å². The van der Waals surface area contributed by atoms with Gasteiger partial charge >= 0.3 is 5.97 Å². The van der Waals surface area contributed by atoms with E-state index in [2.05, 4.69) is 17.4 Å². The monoisotopic (exact) mass is 425 g/mol. The first-order valence-corrected chi connectivity index (χ1v) is 11.6. The molecular weight excluding hydrogens is 398 g/mol. The minimum atomic E-state index is -0.468. The van der Waals surface area contributed by atoms with E-state index in [1.807, 2.05) is 30.3 Å². The van der Waals surface area contributed by atoms with E-state index in [9.17, 15) is 9.59 Å². The molecule has 30 heavy (non-hydrogen) atoms. The van der Waals surface area contributed by atoms with E-state index in [1.165, 1.54) is 11.1 Å². The van der Waals surface area contributed by atoms with Crippen LogP contribution >= 0.6 is 11.8 Å². The van der Waals surface area contributed by atoms with Crippen LogP contribution < -0.4 is 5.32 Å². The topological polar surface area (TPSA) is 64.6 Å². The molecule has 158 valence electrons. The minimum absolute atomic E-state index is 0.0181. The van der Waals surface area contributed by atoms with Crippen LogP contribution in [0, 0.1) is 0 Å². The van der Waals surface area contributed by atoms with Gasteiger partial charge in [0.2, 0.25) is 0 Å². The number of carbonyl (C=O) groups is 2. The van der Waals surface area contributed by atoms with Crippen LogP contribution in [-0.4, -0.2) is 36.9 Å². The van der Waals surface area contributed by atoms with Crippen molar-refractivity contribution in [3.05, 3.63) is 65.2 Å². The Bertz CT molecular complexity index is 894. The Hall–Kier alpha value is -2.31. The highest BCUT2D eigenvalue weighted by atomic mass is 32.2. The summed E-state index contributed by atoms with van der Waals surface area (Å²) in [6.07, 6.45) is 5.37. The third kappa shape index (κ3) is 5.24. The Labute approximate surface area is 181 Å². The lowest BCUT2D eigenvalue weighted by Gasteiger charge is -2.26. The highest BCUT2D eigenvalue weighted by Gasteiger charge is 2.23. The van der Waals surface area contributed by atoms with Gasteiger partial charge in [0.1, 0.15) is 0 Å². The smallest absolute Gasteiger partial charge is 0.339 e. The van der Waals surface area contributed by atoms with Crippen LogP contribution in [0.4, 0.5) is 0 Å². The number of hydrogen-bond donors (Lipinski definition) is 1. The number of amides is 1. The first-order chi connectivity index (χ1) is 14.7. The third-order valence-corrected chi connectivity index (χ3v) is 6.80. The molecule has 1 amide bonds. The zero-order valence-corrected chi connectivity index (χ0v) is 17.8. The summed E-state index contributed by atoms with van der Waals surface area (Å²) in [4.78, 5) is 25.9. The van der Waals surface area contributed by atoms with E-state index < -0.39 is 5.97 Å². The lowest BCUT2D eigenvalue weighted by atomic mass is 9.88. The van der Waals surface area contributed by atoms with Gasteiger partial charge in [0, 0.05) is 17.3 Å². The van der Waals surface area contributed by atoms with Crippen molar-refractivity contribution in [2.24, 2.45) is 0 Å². The molecule has 0 saturated carbocycles. The predicted molar refractivity (Wildman–Crippen MR) is 117 cm³/mol. The zero-order chi connectivity index (χ0) is 20.8. The molecule has 2 aromatic carbocycles. The van der Waals surface area contributed by atoms with Crippen LogP contribution in [0.25, 0.3) is 0 Å². The second-order valence-corrected chi connectivity index (χ2v) is 8.79. The van der Waals surface area contributed by atoms with Gasteiger partial charge in [-0.1, -0.05) is 36.4 Å². The van der Waals surface area contributed by atoms with Crippen molar-refractivity contribution in [3.8, 4) is 0 Å². The SMILES string of the molecule is O=C(COC(=O)c1ccccc1SC[C@H]1CCCO1)N[C@@H]1CCCc2ccccc21. The lowest BCUT2D eigenvalue weighted by Crippen LogP contribution is -2.34. The predicted octanol–water partition coefficient (Wildman–Crippen LogP) is 4.31. The molecule has 2 atom stereocenters. The molecule has 0 radical (unpaired) electrons. The van der Waals surface area contributed by atoms with Crippen LogP contribution in [-0.2, 0) is 20.7 Å². The number of nitrogens with one attached hydrogen (secondary N) is 1. The van der Waals surface area contributed by atoms with Crippen molar-refractivity contribution in [3.63, 3.8) is 0 Å². The van der Waals surface area contributed by atoms with Crippen molar-refractivity contribution >= 4 is 23.6 Å². The number of ether oxygens (including phenoxy) is 2. The molecule has 2 aliphatic rings. The second kappa shape index (κ2) is 10.1. The van der Waals surface area contributed by atoms with Crippen molar-refractivity contribution < 1.29 is 19.1 Å². The van der Waals surface area contributed by atoms with E-state index in [-0.39, 0.29) is 24.7 Å². The Balaban J connectivity index is 1.31. The maximum atomic E-state index is 12.6. The summed E-state index contributed by atoms with van der Waals surface area (Å²) in [6.45, 7) is 0.539. The fourth-order valence-corrected chi connectivity index (χ4v) is 5.18. The molecule has 1 saturated heterocycles. The van der Waals surface area contributed by atoms with E-state index in [0.717, 1.165) is 49.4 Å². The fourth-order valence-electron chi connectivity index (χ4n) is 4.07. The highest BCUT2D eigenvalue weighted by molar-refractivity contribution is 7.99. The molecule has 0 spiro atoms. The van der Waals surface area contributed by atoms with Gasteiger partial charge in [-0.2, -0.15) is 0 Å². The molecule has 0 aromatic heterocycles. The normalized spacial score (nSPS) is 20.4. The molecule has 1 heterocycles. The molecule has 1 fully saturated rings. The molecule has 1 aliphatic carbocycles. The summed E-state index contributed by atoms with van der Waals surface area (Å²) >= 11 is 1.60. The summed E-state index contributed by atoms with van der Waals surface area (Å²) in [5.41, 5.74) is 2.94. The molecule has 0 bridgehead atoms. The van der Waals surface area contributed by atoms with Crippen molar-refractivity contribution in [2.75, 3.05) is 19.0 Å². The first-order valence-electron chi connectivity index (χ1n) is 10.6. The molecule has 0 unspecified atom stereocenters. The number of rotatable bonds is 7. The van der Waals surface area contributed by atoms with Crippen LogP contribution in [0.2, 0.25) is 0 Å². The average molecular weight is 426 g/mol. The minimum Gasteiger partial charge on any atom is -0.452 e. The molecule has 1 N–H and O–H groups in total. The van der Waals surface area contributed by atoms with E-state index in [0.29, 0.717) is 5.56 Å². The summed E-state index contributed by atoms with van der Waals surface area (Å²) in [5.74, 6) is 0.0745. The highest BCUT2D eigenvalue weighted by Crippen LogP contribution is 2.29. The van der Waals surface area contributed by atoms with Crippen LogP contribution in [0.1, 0.15) is 53.2 Å². The zero-order valence-electron chi connectivity index (χ0n) is 17.0. The van der Waals surface area contributed by atoms with Crippen molar-refractivity contribution in [1.82, 2.24) is 5.32 Å². The molecule has 4 rings (SSSR count). The Morgan fingerprint density at radius 2 is 1.90 bits per heavy atom. The Morgan fingerprint density at radius 3 is 2.77 bits per heavy atom. The number of thioether (sulfide) groups is 1. The van der Waals surface area contributed by atoms with Gasteiger partial charge in [-0.25, -0.2) is 4.79 Å². The van der Waals surface area contributed by atoms with E-state index in [1.54, 1.807) is 17.8 Å². The number of fused-ring (bicyclic) bond motifs is 1. The standard InChI is InChI=1S/C24H27NO4S/c26-23(25-21-12-5-8-17-7-1-2-10-19(17)21)15-29-24(27)20-11-3-4-13-22(20)30-16-18-9-6-14-28-18/h1-4,7,10-11,13,18,21H,5-6,8-9,12,14-16H2,(H,25,26)/t18-,21-/m1/s1. The van der Waals surface area contributed by atoms with E-state index >= 15 is 0 Å².